The standard InChI is InChI=1S/C15H18ClN3O/c1-20-14-7-6-11(16)10-13(14)19-9-8-17-15(19)18-12-4-2-3-5-12/h6-10,12H,2-5H2,1H3,(H,17,18). The van der Waals surface area contributed by atoms with Gasteiger partial charge in [-0.1, -0.05) is 24.4 Å². The number of nitrogens with one attached hydrogen (secondary N) is 1. The van der Waals surface area contributed by atoms with Crippen LogP contribution in [0.15, 0.2) is 30.6 Å². The molecule has 4 nitrogen and oxygen atoms in total. The van der Waals surface area contributed by atoms with E-state index in [1.165, 1.54) is 25.7 Å². The maximum Gasteiger partial charge on any atom is 0.207 e. The Hall–Kier alpha value is -1.68. The number of imidazole rings is 1. The van der Waals surface area contributed by atoms with Crippen LogP contribution in [0.2, 0.25) is 5.02 Å². The van der Waals surface area contributed by atoms with Gasteiger partial charge in [-0.15, -0.1) is 0 Å². The highest BCUT2D eigenvalue weighted by molar-refractivity contribution is 6.30. The molecule has 1 aliphatic carbocycles. The molecule has 1 aliphatic rings. The largest absolute Gasteiger partial charge is 0.495 e. The van der Waals surface area contributed by atoms with Gasteiger partial charge in [0.2, 0.25) is 5.95 Å². The number of aromatic nitrogens is 2. The molecule has 1 aromatic carbocycles. The summed E-state index contributed by atoms with van der Waals surface area (Å²) >= 11 is 6.10. The highest BCUT2D eigenvalue weighted by Crippen LogP contribution is 2.29. The number of rotatable bonds is 4. The molecule has 0 amide bonds. The maximum atomic E-state index is 6.10. The van der Waals surface area contributed by atoms with Crippen molar-refractivity contribution in [3.8, 4) is 11.4 Å². The minimum absolute atomic E-state index is 0.515. The Morgan fingerprint density at radius 1 is 1.35 bits per heavy atom. The number of nitrogens with zero attached hydrogens (tertiary/aromatic N) is 2. The molecule has 1 fully saturated rings. The van der Waals surface area contributed by atoms with Gasteiger partial charge in [-0.2, -0.15) is 0 Å². The second-order valence-corrected chi connectivity index (χ2v) is 5.50. The van der Waals surface area contributed by atoms with Crippen LogP contribution < -0.4 is 10.1 Å². The average molecular weight is 292 g/mol. The van der Waals surface area contributed by atoms with E-state index >= 15 is 0 Å². The third kappa shape index (κ3) is 2.61. The van der Waals surface area contributed by atoms with E-state index in [1.54, 1.807) is 13.3 Å². The Labute approximate surface area is 123 Å². The van der Waals surface area contributed by atoms with Gasteiger partial charge in [-0.05, 0) is 31.0 Å². The smallest absolute Gasteiger partial charge is 0.207 e. The number of halogens is 1. The van der Waals surface area contributed by atoms with Crippen LogP contribution in [-0.4, -0.2) is 22.7 Å². The van der Waals surface area contributed by atoms with Crippen molar-refractivity contribution in [2.45, 2.75) is 31.7 Å². The lowest BCUT2D eigenvalue weighted by molar-refractivity contribution is 0.413. The van der Waals surface area contributed by atoms with Crippen LogP contribution in [0.5, 0.6) is 5.75 Å². The van der Waals surface area contributed by atoms with E-state index in [4.69, 9.17) is 16.3 Å². The Morgan fingerprint density at radius 3 is 2.90 bits per heavy atom. The van der Waals surface area contributed by atoms with Crippen molar-refractivity contribution in [2.75, 3.05) is 12.4 Å². The van der Waals surface area contributed by atoms with Crippen molar-refractivity contribution >= 4 is 17.5 Å². The molecule has 2 aromatic rings. The average Bonchev–Trinajstić information content (AvgIpc) is 3.11. The molecule has 0 spiro atoms. The van der Waals surface area contributed by atoms with E-state index in [2.05, 4.69) is 10.3 Å². The van der Waals surface area contributed by atoms with E-state index in [0.29, 0.717) is 11.1 Å². The molecule has 5 heteroatoms. The fourth-order valence-electron chi connectivity index (χ4n) is 2.71. The Morgan fingerprint density at radius 2 is 2.15 bits per heavy atom. The molecule has 0 unspecified atom stereocenters. The monoisotopic (exact) mass is 291 g/mol. The number of hydrogen-bond donors (Lipinski definition) is 1. The normalized spacial score (nSPS) is 15.5. The van der Waals surface area contributed by atoms with Crippen LogP contribution in [0, 0.1) is 0 Å². The third-order valence-corrected chi connectivity index (χ3v) is 3.96. The first-order valence-electron chi connectivity index (χ1n) is 6.92. The minimum atomic E-state index is 0.515. The van der Waals surface area contributed by atoms with Crippen molar-refractivity contribution in [3.05, 3.63) is 35.6 Å². The van der Waals surface area contributed by atoms with Gasteiger partial charge in [0.15, 0.2) is 0 Å². The Balaban J connectivity index is 1.94. The molecule has 1 N–H and O–H groups in total. The number of ether oxygens (including phenoxy) is 1. The quantitative estimate of drug-likeness (QED) is 0.929. The molecular formula is C15H18ClN3O. The summed E-state index contributed by atoms with van der Waals surface area (Å²) in [6, 6.07) is 6.10. The number of hydrogen-bond acceptors (Lipinski definition) is 3. The zero-order chi connectivity index (χ0) is 13.9. The molecule has 1 saturated carbocycles. The second-order valence-electron chi connectivity index (χ2n) is 5.06. The predicted octanol–water partition coefficient (Wildman–Crippen LogP) is 3.89. The highest BCUT2D eigenvalue weighted by Gasteiger charge is 2.18. The minimum Gasteiger partial charge on any atom is -0.495 e. The van der Waals surface area contributed by atoms with Gasteiger partial charge in [0.25, 0.3) is 0 Å². The first-order valence-corrected chi connectivity index (χ1v) is 7.29. The maximum absolute atomic E-state index is 6.10. The summed E-state index contributed by atoms with van der Waals surface area (Å²) in [4.78, 5) is 4.41. The molecule has 106 valence electrons. The molecule has 1 aromatic heterocycles. The fourth-order valence-corrected chi connectivity index (χ4v) is 2.88. The molecule has 0 saturated heterocycles. The lowest BCUT2D eigenvalue weighted by Gasteiger charge is -2.16. The molecule has 0 atom stereocenters. The van der Waals surface area contributed by atoms with Gasteiger partial charge in [0.1, 0.15) is 5.75 Å². The van der Waals surface area contributed by atoms with Gasteiger partial charge in [0, 0.05) is 23.5 Å². The zero-order valence-electron chi connectivity index (χ0n) is 11.5. The third-order valence-electron chi connectivity index (χ3n) is 3.73. The van der Waals surface area contributed by atoms with Crippen LogP contribution >= 0.6 is 11.6 Å². The van der Waals surface area contributed by atoms with Crippen LogP contribution in [0.3, 0.4) is 0 Å². The summed E-state index contributed by atoms with van der Waals surface area (Å²) in [5.74, 6) is 1.62. The fraction of sp³-hybridized carbons (Fsp3) is 0.400. The molecule has 0 radical (unpaired) electrons. The lowest BCUT2D eigenvalue weighted by atomic mass is 10.2. The van der Waals surface area contributed by atoms with Gasteiger partial charge < -0.3 is 10.1 Å². The van der Waals surface area contributed by atoms with Crippen LogP contribution in [0.4, 0.5) is 5.95 Å². The number of methoxy groups -OCH3 is 1. The summed E-state index contributed by atoms with van der Waals surface area (Å²) in [5, 5.41) is 4.19. The van der Waals surface area contributed by atoms with E-state index in [9.17, 15) is 0 Å². The topological polar surface area (TPSA) is 39.1 Å². The van der Waals surface area contributed by atoms with E-state index in [0.717, 1.165) is 17.4 Å². The van der Waals surface area contributed by atoms with Crippen molar-refractivity contribution in [1.29, 1.82) is 0 Å². The first kappa shape index (κ1) is 13.3. The Bertz CT molecular complexity index is 591. The molecule has 0 bridgehead atoms. The highest BCUT2D eigenvalue weighted by atomic mass is 35.5. The SMILES string of the molecule is COc1ccc(Cl)cc1-n1ccnc1NC1CCCC1. The van der Waals surface area contributed by atoms with Gasteiger partial charge in [0.05, 0.1) is 12.8 Å². The summed E-state index contributed by atoms with van der Waals surface area (Å²) < 4.78 is 7.40. The predicted molar refractivity (Wildman–Crippen MR) is 81.0 cm³/mol. The van der Waals surface area contributed by atoms with Crippen molar-refractivity contribution < 1.29 is 4.74 Å². The molecule has 1 heterocycles. The van der Waals surface area contributed by atoms with Crippen molar-refractivity contribution in [1.82, 2.24) is 9.55 Å². The van der Waals surface area contributed by atoms with E-state index in [1.807, 2.05) is 29.0 Å². The second kappa shape index (κ2) is 5.75. The summed E-state index contributed by atoms with van der Waals surface area (Å²) in [7, 11) is 1.66. The summed E-state index contributed by atoms with van der Waals surface area (Å²) in [6.45, 7) is 0. The summed E-state index contributed by atoms with van der Waals surface area (Å²) in [6.07, 6.45) is 8.71. The van der Waals surface area contributed by atoms with E-state index < -0.39 is 0 Å². The van der Waals surface area contributed by atoms with E-state index in [-0.39, 0.29) is 0 Å². The lowest BCUT2D eigenvalue weighted by Crippen LogP contribution is -2.17. The van der Waals surface area contributed by atoms with Gasteiger partial charge in [-0.25, -0.2) is 4.98 Å². The molecule has 3 rings (SSSR count). The van der Waals surface area contributed by atoms with Gasteiger partial charge in [-0.3, -0.25) is 4.57 Å². The zero-order valence-corrected chi connectivity index (χ0v) is 12.2. The number of benzene rings is 1. The first-order chi connectivity index (χ1) is 9.78. The van der Waals surface area contributed by atoms with Crippen molar-refractivity contribution in [2.24, 2.45) is 0 Å². The van der Waals surface area contributed by atoms with Crippen LogP contribution in [0.1, 0.15) is 25.7 Å². The molecular weight excluding hydrogens is 274 g/mol. The Kier molecular flexibility index (Phi) is 3.83. The van der Waals surface area contributed by atoms with Crippen LogP contribution in [0.25, 0.3) is 5.69 Å². The molecule has 20 heavy (non-hydrogen) atoms. The van der Waals surface area contributed by atoms with Gasteiger partial charge >= 0.3 is 0 Å². The van der Waals surface area contributed by atoms with Crippen LogP contribution in [-0.2, 0) is 0 Å². The number of anilines is 1. The summed E-state index contributed by atoms with van der Waals surface area (Å²) in [5.41, 5.74) is 0.901. The molecule has 0 aliphatic heterocycles. The van der Waals surface area contributed by atoms with Crippen molar-refractivity contribution in [3.63, 3.8) is 0 Å².